The summed E-state index contributed by atoms with van der Waals surface area (Å²) >= 11 is 5.95. The summed E-state index contributed by atoms with van der Waals surface area (Å²) in [5, 5.41) is 11.5. The molecular formula is C13H12ClN3O3. The fourth-order valence-electron chi connectivity index (χ4n) is 1.63. The first-order chi connectivity index (χ1) is 9.61. The van der Waals surface area contributed by atoms with Gasteiger partial charge in [0.15, 0.2) is 5.75 Å². The number of hydrogen-bond donors (Lipinski definition) is 1. The largest absolute Gasteiger partial charge is 0.482 e. The SMILES string of the molecule is NCc1ccc(OCc2ccncc2Cl)c([N+](=O)[O-])c1. The van der Waals surface area contributed by atoms with Gasteiger partial charge < -0.3 is 10.5 Å². The lowest BCUT2D eigenvalue weighted by Crippen LogP contribution is -2.02. The molecule has 0 aliphatic carbocycles. The molecule has 0 saturated carbocycles. The Morgan fingerprint density at radius 3 is 2.85 bits per heavy atom. The van der Waals surface area contributed by atoms with Gasteiger partial charge in [0.05, 0.1) is 9.95 Å². The first kappa shape index (κ1) is 14.2. The van der Waals surface area contributed by atoms with E-state index in [1.165, 1.54) is 18.3 Å². The number of rotatable bonds is 5. The van der Waals surface area contributed by atoms with E-state index < -0.39 is 4.92 Å². The zero-order valence-electron chi connectivity index (χ0n) is 10.5. The molecule has 0 spiro atoms. The van der Waals surface area contributed by atoms with Crippen molar-refractivity contribution in [2.24, 2.45) is 5.73 Å². The average molecular weight is 294 g/mol. The van der Waals surface area contributed by atoms with Gasteiger partial charge in [-0.2, -0.15) is 0 Å². The molecule has 0 atom stereocenters. The van der Waals surface area contributed by atoms with Crippen molar-refractivity contribution in [2.75, 3.05) is 0 Å². The standard InChI is InChI=1S/C13H12ClN3O3/c14-11-7-16-4-3-10(11)8-20-13-2-1-9(6-15)5-12(13)17(18)19/h1-5,7H,6,8,15H2. The summed E-state index contributed by atoms with van der Waals surface area (Å²) in [6, 6.07) is 6.33. The first-order valence-corrected chi connectivity index (χ1v) is 6.18. The van der Waals surface area contributed by atoms with Crippen LogP contribution in [0.2, 0.25) is 5.02 Å². The summed E-state index contributed by atoms with van der Waals surface area (Å²) in [4.78, 5) is 14.4. The van der Waals surface area contributed by atoms with Crippen molar-refractivity contribution in [1.29, 1.82) is 0 Å². The number of aromatic nitrogens is 1. The molecule has 0 radical (unpaired) electrons. The summed E-state index contributed by atoms with van der Waals surface area (Å²) in [7, 11) is 0. The predicted molar refractivity (Wildman–Crippen MR) is 74.6 cm³/mol. The van der Waals surface area contributed by atoms with Gasteiger partial charge in [-0.25, -0.2) is 0 Å². The van der Waals surface area contributed by atoms with Crippen LogP contribution in [0.4, 0.5) is 5.69 Å². The fourth-order valence-corrected chi connectivity index (χ4v) is 1.81. The molecule has 1 aromatic carbocycles. The first-order valence-electron chi connectivity index (χ1n) is 5.80. The van der Waals surface area contributed by atoms with Crippen LogP contribution in [0.15, 0.2) is 36.7 Å². The number of ether oxygens (including phenoxy) is 1. The molecule has 0 bridgehead atoms. The van der Waals surface area contributed by atoms with Crippen molar-refractivity contribution in [2.45, 2.75) is 13.2 Å². The minimum Gasteiger partial charge on any atom is -0.482 e. The van der Waals surface area contributed by atoms with E-state index in [9.17, 15) is 10.1 Å². The third kappa shape index (κ3) is 3.23. The van der Waals surface area contributed by atoms with Crippen LogP contribution in [0.25, 0.3) is 0 Å². The normalized spacial score (nSPS) is 10.3. The molecule has 7 heteroatoms. The van der Waals surface area contributed by atoms with Crippen molar-refractivity contribution in [3.05, 3.63) is 62.9 Å². The number of nitrogens with two attached hydrogens (primary N) is 1. The second-order valence-corrected chi connectivity index (χ2v) is 4.43. The topological polar surface area (TPSA) is 91.3 Å². The second-order valence-electron chi connectivity index (χ2n) is 4.02. The molecule has 0 aliphatic rings. The second kappa shape index (κ2) is 6.31. The van der Waals surface area contributed by atoms with E-state index in [1.807, 2.05) is 0 Å². The molecule has 20 heavy (non-hydrogen) atoms. The lowest BCUT2D eigenvalue weighted by molar-refractivity contribution is -0.386. The number of pyridine rings is 1. The maximum atomic E-state index is 11.0. The Bertz CT molecular complexity index is 634. The lowest BCUT2D eigenvalue weighted by Gasteiger charge is -2.08. The van der Waals surface area contributed by atoms with Crippen molar-refractivity contribution in [3.8, 4) is 5.75 Å². The summed E-state index contributed by atoms with van der Waals surface area (Å²) in [6.07, 6.45) is 3.07. The Balaban J connectivity index is 2.21. The molecule has 2 aromatic rings. The number of benzene rings is 1. The summed E-state index contributed by atoms with van der Waals surface area (Å²) < 4.78 is 5.47. The molecule has 1 aromatic heterocycles. The molecule has 2 N–H and O–H groups in total. The zero-order valence-corrected chi connectivity index (χ0v) is 11.2. The van der Waals surface area contributed by atoms with E-state index in [2.05, 4.69) is 4.98 Å². The van der Waals surface area contributed by atoms with Gasteiger partial charge in [-0.1, -0.05) is 17.7 Å². The number of halogens is 1. The van der Waals surface area contributed by atoms with Crippen LogP contribution in [0.5, 0.6) is 5.75 Å². The van der Waals surface area contributed by atoms with E-state index >= 15 is 0 Å². The molecular weight excluding hydrogens is 282 g/mol. The van der Waals surface area contributed by atoms with Gasteiger partial charge in [0, 0.05) is 30.6 Å². The number of nitro benzene ring substituents is 1. The molecule has 104 valence electrons. The Labute approximate surface area is 120 Å². The molecule has 0 aliphatic heterocycles. The van der Waals surface area contributed by atoms with E-state index in [1.54, 1.807) is 18.3 Å². The summed E-state index contributed by atoms with van der Waals surface area (Å²) in [5.74, 6) is 0.181. The molecule has 0 fully saturated rings. The predicted octanol–water partition coefficient (Wildman–Crippen LogP) is 2.68. The lowest BCUT2D eigenvalue weighted by atomic mass is 10.2. The Kier molecular flexibility index (Phi) is 4.49. The number of nitro groups is 1. The van der Waals surface area contributed by atoms with Gasteiger partial charge in [-0.05, 0) is 17.7 Å². The van der Waals surface area contributed by atoms with E-state index in [0.29, 0.717) is 16.1 Å². The van der Waals surface area contributed by atoms with Crippen LogP contribution in [-0.2, 0) is 13.2 Å². The maximum Gasteiger partial charge on any atom is 0.311 e. The van der Waals surface area contributed by atoms with Gasteiger partial charge in [-0.15, -0.1) is 0 Å². The van der Waals surface area contributed by atoms with E-state index in [4.69, 9.17) is 22.1 Å². The van der Waals surface area contributed by atoms with Gasteiger partial charge >= 0.3 is 5.69 Å². The molecule has 2 rings (SSSR count). The summed E-state index contributed by atoms with van der Waals surface area (Å²) in [5.41, 5.74) is 6.73. The van der Waals surface area contributed by atoms with Crippen molar-refractivity contribution >= 4 is 17.3 Å². The molecule has 0 saturated heterocycles. The number of hydrogen-bond acceptors (Lipinski definition) is 5. The molecule has 0 unspecified atom stereocenters. The smallest absolute Gasteiger partial charge is 0.311 e. The van der Waals surface area contributed by atoms with E-state index in [0.717, 1.165) is 0 Å². The molecule has 1 heterocycles. The third-order valence-electron chi connectivity index (χ3n) is 2.70. The Hall–Kier alpha value is -2.18. The minimum absolute atomic E-state index is 0.113. The van der Waals surface area contributed by atoms with Crippen LogP contribution in [0.1, 0.15) is 11.1 Å². The van der Waals surface area contributed by atoms with E-state index in [-0.39, 0.29) is 24.6 Å². The van der Waals surface area contributed by atoms with Crippen molar-refractivity contribution < 1.29 is 9.66 Å². The Morgan fingerprint density at radius 1 is 1.40 bits per heavy atom. The van der Waals surface area contributed by atoms with Crippen LogP contribution >= 0.6 is 11.6 Å². The molecule has 6 nitrogen and oxygen atoms in total. The zero-order chi connectivity index (χ0) is 14.5. The highest BCUT2D eigenvalue weighted by Gasteiger charge is 2.16. The highest BCUT2D eigenvalue weighted by molar-refractivity contribution is 6.31. The summed E-state index contributed by atoms with van der Waals surface area (Å²) in [6.45, 7) is 0.363. The van der Waals surface area contributed by atoms with Gasteiger partial charge in [0.2, 0.25) is 0 Å². The van der Waals surface area contributed by atoms with Crippen molar-refractivity contribution in [3.63, 3.8) is 0 Å². The minimum atomic E-state index is -0.497. The highest BCUT2D eigenvalue weighted by Crippen LogP contribution is 2.29. The highest BCUT2D eigenvalue weighted by atomic mass is 35.5. The van der Waals surface area contributed by atoms with Gasteiger partial charge in [-0.3, -0.25) is 15.1 Å². The van der Waals surface area contributed by atoms with Crippen LogP contribution in [0.3, 0.4) is 0 Å². The van der Waals surface area contributed by atoms with Crippen LogP contribution in [-0.4, -0.2) is 9.91 Å². The Morgan fingerprint density at radius 2 is 2.20 bits per heavy atom. The monoisotopic (exact) mass is 293 g/mol. The van der Waals surface area contributed by atoms with Gasteiger partial charge in [0.25, 0.3) is 0 Å². The number of nitrogens with zero attached hydrogens (tertiary/aromatic N) is 2. The van der Waals surface area contributed by atoms with Crippen molar-refractivity contribution in [1.82, 2.24) is 4.98 Å². The van der Waals surface area contributed by atoms with Crippen LogP contribution < -0.4 is 10.5 Å². The average Bonchev–Trinajstić information content (AvgIpc) is 2.46. The third-order valence-corrected chi connectivity index (χ3v) is 3.04. The molecule has 0 amide bonds. The maximum absolute atomic E-state index is 11.0. The quantitative estimate of drug-likeness (QED) is 0.676. The van der Waals surface area contributed by atoms with Crippen LogP contribution in [0, 0.1) is 10.1 Å². The fraction of sp³-hybridized carbons (Fsp3) is 0.154. The van der Waals surface area contributed by atoms with Gasteiger partial charge in [0.1, 0.15) is 6.61 Å².